The SMILES string of the molecule is CN1CCCN(C(=O)Cn2ccc3cccnc32)CC1. The van der Waals surface area contributed by atoms with Gasteiger partial charge in [0.1, 0.15) is 12.2 Å². The highest BCUT2D eigenvalue weighted by atomic mass is 16.2. The molecular weight excluding hydrogens is 252 g/mol. The van der Waals surface area contributed by atoms with Crippen molar-refractivity contribution >= 4 is 16.9 Å². The average molecular weight is 272 g/mol. The number of amides is 1. The summed E-state index contributed by atoms with van der Waals surface area (Å²) >= 11 is 0. The van der Waals surface area contributed by atoms with Gasteiger partial charge in [-0.2, -0.15) is 0 Å². The third-order valence-corrected chi connectivity index (χ3v) is 3.90. The number of hydrogen-bond acceptors (Lipinski definition) is 3. The van der Waals surface area contributed by atoms with Gasteiger partial charge in [0.15, 0.2) is 0 Å². The fraction of sp³-hybridized carbons (Fsp3) is 0.467. The fourth-order valence-corrected chi connectivity index (χ4v) is 2.69. The number of likely N-dealkylation sites (N-methyl/N-ethyl adjacent to an activating group) is 1. The highest BCUT2D eigenvalue weighted by Gasteiger charge is 2.18. The first-order valence-electron chi connectivity index (χ1n) is 7.10. The van der Waals surface area contributed by atoms with Gasteiger partial charge in [0.2, 0.25) is 5.91 Å². The van der Waals surface area contributed by atoms with Crippen LogP contribution in [0.15, 0.2) is 30.6 Å². The summed E-state index contributed by atoms with van der Waals surface area (Å²) in [6.07, 6.45) is 4.76. The number of aromatic nitrogens is 2. The minimum atomic E-state index is 0.184. The van der Waals surface area contributed by atoms with Gasteiger partial charge in [-0.25, -0.2) is 4.98 Å². The lowest BCUT2D eigenvalue weighted by molar-refractivity contribution is -0.131. The third kappa shape index (κ3) is 2.67. The topological polar surface area (TPSA) is 41.4 Å². The molecule has 0 aromatic carbocycles. The van der Waals surface area contributed by atoms with Crippen molar-refractivity contribution in [2.24, 2.45) is 0 Å². The summed E-state index contributed by atoms with van der Waals surface area (Å²) in [6, 6.07) is 5.94. The minimum Gasteiger partial charge on any atom is -0.340 e. The second-order valence-corrected chi connectivity index (χ2v) is 5.40. The molecule has 0 atom stereocenters. The van der Waals surface area contributed by atoms with Crippen molar-refractivity contribution in [1.29, 1.82) is 0 Å². The van der Waals surface area contributed by atoms with Gasteiger partial charge in [0.25, 0.3) is 0 Å². The van der Waals surface area contributed by atoms with Crippen LogP contribution >= 0.6 is 0 Å². The van der Waals surface area contributed by atoms with Crippen molar-refractivity contribution in [3.8, 4) is 0 Å². The van der Waals surface area contributed by atoms with Crippen molar-refractivity contribution in [3.05, 3.63) is 30.6 Å². The molecule has 5 nitrogen and oxygen atoms in total. The lowest BCUT2D eigenvalue weighted by Gasteiger charge is -2.21. The van der Waals surface area contributed by atoms with Gasteiger partial charge >= 0.3 is 0 Å². The van der Waals surface area contributed by atoms with Crippen LogP contribution in [0.2, 0.25) is 0 Å². The first kappa shape index (κ1) is 13.1. The molecule has 20 heavy (non-hydrogen) atoms. The molecule has 1 aliphatic rings. The van der Waals surface area contributed by atoms with Crippen LogP contribution in [0.3, 0.4) is 0 Å². The maximum atomic E-state index is 12.4. The summed E-state index contributed by atoms with van der Waals surface area (Å²) in [7, 11) is 2.11. The van der Waals surface area contributed by atoms with Crippen LogP contribution < -0.4 is 0 Å². The summed E-state index contributed by atoms with van der Waals surface area (Å²) in [5, 5.41) is 1.08. The van der Waals surface area contributed by atoms with E-state index in [-0.39, 0.29) is 5.91 Å². The Hall–Kier alpha value is -1.88. The maximum Gasteiger partial charge on any atom is 0.242 e. The number of fused-ring (bicyclic) bond motifs is 1. The Balaban J connectivity index is 1.72. The van der Waals surface area contributed by atoms with Gasteiger partial charge in [-0.3, -0.25) is 4.79 Å². The van der Waals surface area contributed by atoms with Crippen LogP contribution in [-0.2, 0) is 11.3 Å². The Morgan fingerprint density at radius 3 is 3.05 bits per heavy atom. The monoisotopic (exact) mass is 272 g/mol. The van der Waals surface area contributed by atoms with Crippen molar-refractivity contribution in [3.63, 3.8) is 0 Å². The van der Waals surface area contributed by atoms with Crippen molar-refractivity contribution < 1.29 is 4.79 Å². The quantitative estimate of drug-likeness (QED) is 0.825. The Bertz CT molecular complexity index is 607. The zero-order valence-corrected chi connectivity index (χ0v) is 11.8. The molecule has 0 saturated carbocycles. The average Bonchev–Trinajstić information content (AvgIpc) is 2.72. The molecule has 2 aromatic rings. The van der Waals surface area contributed by atoms with Gasteiger partial charge in [-0.05, 0) is 38.2 Å². The molecule has 1 aliphatic heterocycles. The molecule has 0 N–H and O–H groups in total. The summed E-state index contributed by atoms with van der Waals surface area (Å²) in [4.78, 5) is 21.0. The number of pyridine rings is 1. The van der Waals surface area contributed by atoms with Crippen LogP contribution in [0.5, 0.6) is 0 Å². The summed E-state index contributed by atoms with van der Waals surface area (Å²) in [6.45, 7) is 4.08. The van der Waals surface area contributed by atoms with E-state index in [1.807, 2.05) is 33.9 Å². The zero-order chi connectivity index (χ0) is 13.9. The number of carbonyl (C=O) groups is 1. The zero-order valence-electron chi connectivity index (χ0n) is 11.8. The number of hydrogen-bond donors (Lipinski definition) is 0. The molecule has 106 valence electrons. The van der Waals surface area contributed by atoms with Gasteiger partial charge in [0, 0.05) is 37.4 Å². The summed E-state index contributed by atoms with van der Waals surface area (Å²) in [5.41, 5.74) is 0.882. The molecule has 0 spiro atoms. The molecule has 3 rings (SSSR count). The summed E-state index contributed by atoms with van der Waals surface area (Å²) < 4.78 is 1.94. The molecule has 1 saturated heterocycles. The number of rotatable bonds is 2. The minimum absolute atomic E-state index is 0.184. The van der Waals surface area contributed by atoms with Gasteiger partial charge < -0.3 is 14.4 Å². The van der Waals surface area contributed by atoms with Crippen molar-refractivity contribution in [2.75, 3.05) is 33.2 Å². The molecule has 0 radical (unpaired) electrons. The first-order valence-corrected chi connectivity index (χ1v) is 7.10. The molecule has 1 amide bonds. The fourth-order valence-electron chi connectivity index (χ4n) is 2.69. The van der Waals surface area contributed by atoms with Crippen LogP contribution in [0, 0.1) is 0 Å². The smallest absolute Gasteiger partial charge is 0.242 e. The van der Waals surface area contributed by atoms with Crippen LogP contribution in [0.25, 0.3) is 11.0 Å². The lowest BCUT2D eigenvalue weighted by atomic mass is 10.3. The van der Waals surface area contributed by atoms with E-state index in [1.54, 1.807) is 6.20 Å². The normalized spacial score (nSPS) is 17.4. The van der Waals surface area contributed by atoms with E-state index < -0.39 is 0 Å². The van der Waals surface area contributed by atoms with Crippen molar-refractivity contribution in [2.45, 2.75) is 13.0 Å². The van der Waals surface area contributed by atoms with Crippen LogP contribution in [-0.4, -0.2) is 58.5 Å². The van der Waals surface area contributed by atoms with E-state index in [2.05, 4.69) is 16.9 Å². The number of nitrogens with zero attached hydrogens (tertiary/aromatic N) is 4. The van der Waals surface area contributed by atoms with Gasteiger partial charge in [-0.15, -0.1) is 0 Å². The highest BCUT2D eigenvalue weighted by Crippen LogP contribution is 2.13. The molecule has 1 fully saturated rings. The van der Waals surface area contributed by atoms with Crippen LogP contribution in [0.4, 0.5) is 0 Å². The third-order valence-electron chi connectivity index (χ3n) is 3.90. The Kier molecular flexibility index (Phi) is 3.69. The standard InChI is InChI=1S/C15H20N4O/c1-17-7-3-8-18(11-10-17)14(20)12-19-9-5-13-4-2-6-16-15(13)19/h2,4-6,9H,3,7-8,10-12H2,1H3. The van der Waals surface area contributed by atoms with E-state index in [1.165, 1.54) is 0 Å². The van der Waals surface area contributed by atoms with Gasteiger partial charge in [0.05, 0.1) is 0 Å². The molecule has 0 unspecified atom stereocenters. The second-order valence-electron chi connectivity index (χ2n) is 5.40. The highest BCUT2D eigenvalue weighted by molar-refractivity contribution is 5.80. The second kappa shape index (κ2) is 5.63. The van der Waals surface area contributed by atoms with E-state index in [0.29, 0.717) is 6.54 Å². The molecular formula is C15H20N4O. The molecule has 0 aliphatic carbocycles. The van der Waals surface area contributed by atoms with E-state index in [0.717, 1.165) is 43.6 Å². The predicted octanol–water partition coefficient (Wildman–Crippen LogP) is 1.20. The maximum absolute atomic E-state index is 12.4. The van der Waals surface area contributed by atoms with Gasteiger partial charge in [-0.1, -0.05) is 0 Å². The predicted molar refractivity (Wildman–Crippen MR) is 78.4 cm³/mol. The number of carbonyl (C=O) groups excluding carboxylic acids is 1. The van der Waals surface area contributed by atoms with Crippen molar-refractivity contribution in [1.82, 2.24) is 19.4 Å². The van der Waals surface area contributed by atoms with Crippen LogP contribution in [0.1, 0.15) is 6.42 Å². The van der Waals surface area contributed by atoms with E-state index in [9.17, 15) is 4.79 Å². The molecule has 5 heteroatoms. The Labute approximate surface area is 118 Å². The lowest BCUT2D eigenvalue weighted by Crippen LogP contribution is -2.36. The summed E-state index contributed by atoms with van der Waals surface area (Å²) in [5.74, 6) is 0.184. The Morgan fingerprint density at radius 2 is 2.15 bits per heavy atom. The van der Waals surface area contributed by atoms with E-state index in [4.69, 9.17) is 0 Å². The Morgan fingerprint density at radius 1 is 1.25 bits per heavy atom. The largest absolute Gasteiger partial charge is 0.340 e. The molecule has 2 aromatic heterocycles. The molecule has 0 bridgehead atoms. The first-order chi connectivity index (χ1) is 9.74. The van der Waals surface area contributed by atoms with E-state index >= 15 is 0 Å². The molecule has 3 heterocycles.